The molecule has 0 aromatic heterocycles. The summed E-state index contributed by atoms with van der Waals surface area (Å²) in [5, 5.41) is 0.0187. The predicted octanol–water partition coefficient (Wildman–Crippen LogP) is 1.60. The molecule has 0 fully saturated rings. The van der Waals surface area contributed by atoms with Crippen LogP contribution in [-0.2, 0) is 16.6 Å². The van der Waals surface area contributed by atoms with Gasteiger partial charge in [-0.2, -0.15) is 0 Å². The fourth-order valence-corrected chi connectivity index (χ4v) is 2.45. The minimum Gasteiger partial charge on any atom is -0.496 e. The van der Waals surface area contributed by atoms with Crippen LogP contribution in [0.15, 0.2) is 18.2 Å². The summed E-state index contributed by atoms with van der Waals surface area (Å²) in [4.78, 5) is 0. The SMILES string of the molecule is COc1ccc(C)cc1CS(=O)C(C)CN. The van der Waals surface area contributed by atoms with E-state index in [2.05, 4.69) is 0 Å². The largest absolute Gasteiger partial charge is 0.496 e. The lowest BCUT2D eigenvalue weighted by Crippen LogP contribution is -2.22. The summed E-state index contributed by atoms with van der Waals surface area (Å²) in [5.74, 6) is 1.30. The van der Waals surface area contributed by atoms with Gasteiger partial charge in [0.05, 0.1) is 12.9 Å². The molecule has 0 amide bonds. The number of hydrogen-bond donors (Lipinski definition) is 1. The molecule has 0 saturated carbocycles. The molecule has 2 N–H and O–H groups in total. The molecule has 1 aromatic rings. The van der Waals surface area contributed by atoms with Crippen LogP contribution in [0.3, 0.4) is 0 Å². The zero-order valence-corrected chi connectivity index (χ0v) is 10.8. The first-order valence-corrected chi connectivity index (χ1v) is 6.67. The normalized spacial score (nSPS) is 14.5. The third kappa shape index (κ3) is 3.32. The second kappa shape index (κ2) is 6.01. The molecule has 4 heteroatoms. The van der Waals surface area contributed by atoms with Gasteiger partial charge in [0.2, 0.25) is 0 Å². The number of hydrogen-bond acceptors (Lipinski definition) is 3. The molecule has 16 heavy (non-hydrogen) atoms. The Bertz CT molecular complexity index is 379. The molecule has 0 aliphatic heterocycles. The van der Waals surface area contributed by atoms with Crippen molar-refractivity contribution >= 4 is 10.8 Å². The molecule has 1 aromatic carbocycles. The summed E-state index contributed by atoms with van der Waals surface area (Å²) in [6.45, 7) is 4.36. The predicted molar refractivity (Wildman–Crippen MR) is 68.1 cm³/mol. The van der Waals surface area contributed by atoms with Crippen LogP contribution in [0.5, 0.6) is 5.75 Å². The van der Waals surface area contributed by atoms with E-state index < -0.39 is 10.8 Å². The first-order valence-electron chi connectivity index (χ1n) is 5.29. The van der Waals surface area contributed by atoms with E-state index in [0.717, 1.165) is 16.9 Å². The lowest BCUT2D eigenvalue weighted by atomic mass is 10.1. The topological polar surface area (TPSA) is 52.3 Å². The Hall–Kier alpha value is -0.870. The minimum atomic E-state index is -0.941. The van der Waals surface area contributed by atoms with Crippen molar-refractivity contribution in [3.8, 4) is 5.75 Å². The number of benzene rings is 1. The van der Waals surface area contributed by atoms with E-state index in [4.69, 9.17) is 10.5 Å². The molecule has 90 valence electrons. The second-order valence-corrected chi connectivity index (χ2v) is 5.74. The van der Waals surface area contributed by atoms with Crippen LogP contribution in [0.4, 0.5) is 0 Å². The zero-order chi connectivity index (χ0) is 12.1. The summed E-state index contributed by atoms with van der Waals surface area (Å²) < 4.78 is 17.1. The number of methoxy groups -OCH3 is 1. The number of aryl methyl sites for hydroxylation is 1. The number of ether oxygens (including phenoxy) is 1. The van der Waals surface area contributed by atoms with Crippen LogP contribution in [0.1, 0.15) is 18.1 Å². The quantitative estimate of drug-likeness (QED) is 0.852. The van der Waals surface area contributed by atoms with Crippen LogP contribution < -0.4 is 10.5 Å². The van der Waals surface area contributed by atoms with Crippen molar-refractivity contribution in [2.75, 3.05) is 13.7 Å². The molecule has 0 aliphatic rings. The molecule has 0 heterocycles. The lowest BCUT2D eigenvalue weighted by molar-refractivity contribution is 0.411. The van der Waals surface area contributed by atoms with Gasteiger partial charge in [-0.1, -0.05) is 17.7 Å². The smallest absolute Gasteiger partial charge is 0.123 e. The molecule has 2 unspecified atom stereocenters. The Morgan fingerprint density at radius 1 is 1.50 bits per heavy atom. The fourth-order valence-electron chi connectivity index (χ4n) is 1.42. The van der Waals surface area contributed by atoms with Crippen molar-refractivity contribution in [1.82, 2.24) is 0 Å². The van der Waals surface area contributed by atoms with Gasteiger partial charge < -0.3 is 10.5 Å². The molecule has 1 rings (SSSR count). The van der Waals surface area contributed by atoms with Gasteiger partial charge in [-0.15, -0.1) is 0 Å². The maximum absolute atomic E-state index is 11.9. The molecule has 0 radical (unpaired) electrons. The molecule has 0 saturated heterocycles. The Balaban J connectivity index is 2.87. The van der Waals surface area contributed by atoms with Crippen LogP contribution in [0.2, 0.25) is 0 Å². The van der Waals surface area contributed by atoms with Crippen LogP contribution >= 0.6 is 0 Å². The zero-order valence-electron chi connectivity index (χ0n) is 10.0. The van der Waals surface area contributed by atoms with E-state index in [1.54, 1.807) is 7.11 Å². The Morgan fingerprint density at radius 3 is 2.75 bits per heavy atom. The first-order chi connectivity index (χ1) is 7.58. The van der Waals surface area contributed by atoms with Crippen LogP contribution in [0, 0.1) is 6.92 Å². The molecule has 0 spiro atoms. The Kier molecular flexibility index (Phi) is 4.96. The van der Waals surface area contributed by atoms with Gasteiger partial charge in [0.25, 0.3) is 0 Å². The summed E-state index contributed by atoms with van der Waals surface area (Å²) in [5.41, 5.74) is 7.64. The second-order valence-electron chi connectivity index (χ2n) is 3.89. The average Bonchev–Trinajstić information content (AvgIpc) is 2.28. The molecular formula is C12H19NO2S. The van der Waals surface area contributed by atoms with Gasteiger partial charge >= 0.3 is 0 Å². The summed E-state index contributed by atoms with van der Waals surface area (Å²) in [7, 11) is 0.687. The van der Waals surface area contributed by atoms with E-state index >= 15 is 0 Å². The number of rotatable bonds is 5. The van der Waals surface area contributed by atoms with E-state index in [-0.39, 0.29) is 5.25 Å². The van der Waals surface area contributed by atoms with Crippen LogP contribution in [0.25, 0.3) is 0 Å². The van der Waals surface area contributed by atoms with Crippen molar-refractivity contribution in [3.05, 3.63) is 29.3 Å². The monoisotopic (exact) mass is 241 g/mol. The van der Waals surface area contributed by atoms with E-state index in [1.807, 2.05) is 32.0 Å². The van der Waals surface area contributed by atoms with Crippen molar-refractivity contribution in [3.63, 3.8) is 0 Å². The van der Waals surface area contributed by atoms with Gasteiger partial charge in [0.1, 0.15) is 5.75 Å². The summed E-state index contributed by atoms with van der Waals surface area (Å²) >= 11 is 0. The highest BCUT2D eigenvalue weighted by atomic mass is 32.2. The van der Waals surface area contributed by atoms with Gasteiger partial charge in [-0.3, -0.25) is 4.21 Å². The van der Waals surface area contributed by atoms with Crippen molar-refractivity contribution < 1.29 is 8.95 Å². The van der Waals surface area contributed by atoms with E-state index in [9.17, 15) is 4.21 Å². The third-order valence-electron chi connectivity index (χ3n) is 2.51. The standard InChI is InChI=1S/C12H19NO2S/c1-9-4-5-12(15-3)11(6-9)8-16(14)10(2)7-13/h4-6,10H,7-8,13H2,1-3H3. The Morgan fingerprint density at radius 2 is 2.19 bits per heavy atom. The maximum atomic E-state index is 11.9. The maximum Gasteiger partial charge on any atom is 0.123 e. The van der Waals surface area contributed by atoms with Crippen molar-refractivity contribution in [2.45, 2.75) is 24.9 Å². The molecule has 0 aliphatic carbocycles. The highest BCUT2D eigenvalue weighted by Crippen LogP contribution is 2.21. The van der Waals surface area contributed by atoms with Gasteiger partial charge in [0, 0.05) is 28.2 Å². The van der Waals surface area contributed by atoms with E-state index in [1.165, 1.54) is 0 Å². The third-order valence-corrected chi connectivity index (χ3v) is 4.20. The van der Waals surface area contributed by atoms with E-state index in [0.29, 0.717) is 12.3 Å². The van der Waals surface area contributed by atoms with Gasteiger partial charge in [0.15, 0.2) is 0 Å². The van der Waals surface area contributed by atoms with Crippen LogP contribution in [-0.4, -0.2) is 23.1 Å². The molecule has 0 bridgehead atoms. The Labute approximate surface area is 99.4 Å². The minimum absolute atomic E-state index is 0.0187. The molecule has 2 atom stereocenters. The molecular weight excluding hydrogens is 222 g/mol. The highest BCUT2D eigenvalue weighted by molar-refractivity contribution is 7.84. The van der Waals surface area contributed by atoms with Gasteiger partial charge in [-0.25, -0.2) is 0 Å². The summed E-state index contributed by atoms with van der Waals surface area (Å²) in [6.07, 6.45) is 0. The lowest BCUT2D eigenvalue weighted by Gasteiger charge is -2.12. The van der Waals surface area contributed by atoms with Crippen molar-refractivity contribution in [2.24, 2.45) is 5.73 Å². The van der Waals surface area contributed by atoms with Gasteiger partial charge in [-0.05, 0) is 19.9 Å². The van der Waals surface area contributed by atoms with Crippen molar-refractivity contribution in [1.29, 1.82) is 0 Å². The fraction of sp³-hybridized carbons (Fsp3) is 0.500. The highest BCUT2D eigenvalue weighted by Gasteiger charge is 2.12. The number of nitrogens with two attached hydrogens (primary N) is 1. The summed E-state index contributed by atoms with van der Waals surface area (Å²) in [6, 6.07) is 5.91. The average molecular weight is 241 g/mol. The first kappa shape index (κ1) is 13.2. The molecule has 3 nitrogen and oxygen atoms in total.